The molecular weight excluding hydrogens is 199 g/mol. The van der Waals surface area contributed by atoms with E-state index in [0.717, 1.165) is 37.7 Å². The van der Waals surface area contributed by atoms with E-state index in [0.29, 0.717) is 0 Å². The van der Waals surface area contributed by atoms with Gasteiger partial charge in [0.2, 0.25) is 7.28 Å². The number of allylic oxidation sites excluding steroid dienone is 4. The summed E-state index contributed by atoms with van der Waals surface area (Å²) in [6.07, 6.45) is 5.80. The number of hydrogen-bond donors (Lipinski definition) is 0. The Morgan fingerprint density at radius 2 is 2.19 bits per heavy atom. The van der Waals surface area contributed by atoms with E-state index in [9.17, 15) is 0 Å². The molecule has 0 aliphatic carbocycles. The van der Waals surface area contributed by atoms with Crippen LogP contribution in [0, 0.1) is 0 Å². The Hall–Kier alpha value is -1.29. The SMILES string of the molecule is C=C/C=C1/N=C(N2CCOCC2)[B]/C1=C/C. The summed E-state index contributed by atoms with van der Waals surface area (Å²) < 4.78 is 5.33. The van der Waals surface area contributed by atoms with E-state index in [4.69, 9.17) is 4.74 Å². The molecule has 2 aliphatic heterocycles. The lowest BCUT2D eigenvalue weighted by molar-refractivity contribution is 0.0691. The van der Waals surface area contributed by atoms with Crippen molar-refractivity contribution in [2.75, 3.05) is 26.3 Å². The van der Waals surface area contributed by atoms with Crippen LogP contribution in [0.1, 0.15) is 6.92 Å². The van der Waals surface area contributed by atoms with Gasteiger partial charge in [0.15, 0.2) is 0 Å². The maximum atomic E-state index is 5.33. The maximum absolute atomic E-state index is 5.33. The first-order valence-electron chi connectivity index (χ1n) is 5.60. The summed E-state index contributed by atoms with van der Waals surface area (Å²) in [5.41, 5.74) is 3.21. The number of morpholine rings is 1. The van der Waals surface area contributed by atoms with Crippen LogP contribution in [-0.2, 0) is 4.74 Å². The van der Waals surface area contributed by atoms with Gasteiger partial charge in [-0.15, -0.1) is 0 Å². The topological polar surface area (TPSA) is 24.8 Å². The average molecular weight is 215 g/mol. The molecule has 16 heavy (non-hydrogen) atoms. The number of ether oxygens (including phenoxy) is 1. The molecule has 0 spiro atoms. The zero-order valence-corrected chi connectivity index (χ0v) is 9.65. The Morgan fingerprint density at radius 3 is 2.81 bits per heavy atom. The van der Waals surface area contributed by atoms with Crippen molar-refractivity contribution in [3.05, 3.63) is 36.0 Å². The van der Waals surface area contributed by atoms with Crippen LogP contribution in [0.2, 0.25) is 0 Å². The highest BCUT2D eigenvalue weighted by Crippen LogP contribution is 2.20. The van der Waals surface area contributed by atoms with Gasteiger partial charge in [0.25, 0.3) is 0 Å². The van der Waals surface area contributed by atoms with Crippen LogP contribution >= 0.6 is 0 Å². The van der Waals surface area contributed by atoms with Crippen LogP contribution in [0.5, 0.6) is 0 Å². The van der Waals surface area contributed by atoms with E-state index >= 15 is 0 Å². The Balaban J connectivity index is 2.14. The predicted molar refractivity (Wildman–Crippen MR) is 67.6 cm³/mol. The predicted octanol–water partition coefficient (Wildman–Crippen LogP) is 1.37. The molecule has 1 saturated heterocycles. The van der Waals surface area contributed by atoms with Crippen LogP contribution in [0.3, 0.4) is 0 Å². The van der Waals surface area contributed by atoms with Crippen molar-refractivity contribution in [1.82, 2.24) is 4.90 Å². The third-order valence-corrected chi connectivity index (χ3v) is 2.74. The molecule has 4 heteroatoms. The van der Waals surface area contributed by atoms with Crippen molar-refractivity contribution in [3.63, 3.8) is 0 Å². The molecular formula is C12H16BN2O. The van der Waals surface area contributed by atoms with Gasteiger partial charge < -0.3 is 9.64 Å². The minimum Gasteiger partial charge on any atom is -0.378 e. The van der Waals surface area contributed by atoms with Gasteiger partial charge in [-0.1, -0.05) is 24.2 Å². The molecule has 0 bridgehead atoms. The van der Waals surface area contributed by atoms with Gasteiger partial charge in [-0.2, -0.15) is 0 Å². The van der Waals surface area contributed by atoms with E-state index < -0.39 is 0 Å². The van der Waals surface area contributed by atoms with Crippen molar-refractivity contribution in [2.45, 2.75) is 6.92 Å². The van der Waals surface area contributed by atoms with Gasteiger partial charge in [0.05, 0.1) is 24.6 Å². The van der Waals surface area contributed by atoms with Crippen LogP contribution < -0.4 is 0 Å². The van der Waals surface area contributed by atoms with Gasteiger partial charge in [-0.3, -0.25) is 0 Å². The minimum atomic E-state index is 0.790. The third kappa shape index (κ3) is 2.27. The number of hydrogen-bond acceptors (Lipinski definition) is 3. The first kappa shape index (κ1) is 11.2. The fraction of sp³-hybridized carbons (Fsp3) is 0.417. The van der Waals surface area contributed by atoms with Gasteiger partial charge in [-0.25, -0.2) is 4.99 Å². The molecule has 0 atom stereocenters. The molecule has 83 valence electrons. The first-order chi connectivity index (χ1) is 7.85. The Bertz CT molecular complexity index is 365. The molecule has 0 aromatic heterocycles. The number of nitrogens with zero attached hydrogens (tertiary/aromatic N) is 2. The summed E-state index contributed by atoms with van der Waals surface area (Å²) in [6, 6.07) is 0. The van der Waals surface area contributed by atoms with Gasteiger partial charge >= 0.3 is 0 Å². The Kier molecular flexibility index (Phi) is 3.62. The lowest BCUT2D eigenvalue weighted by Gasteiger charge is -2.28. The van der Waals surface area contributed by atoms with Crippen LogP contribution in [0.4, 0.5) is 0 Å². The second kappa shape index (κ2) is 5.17. The van der Waals surface area contributed by atoms with Crippen molar-refractivity contribution in [2.24, 2.45) is 4.99 Å². The van der Waals surface area contributed by atoms with E-state index in [2.05, 4.69) is 29.8 Å². The highest BCUT2D eigenvalue weighted by molar-refractivity contribution is 6.82. The maximum Gasteiger partial charge on any atom is 0.242 e. The van der Waals surface area contributed by atoms with E-state index in [1.165, 1.54) is 5.47 Å². The Morgan fingerprint density at radius 1 is 1.44 bits per heavy atom. The first-order valence-corrected chi connectivity index (χ1v) is 5.60. The summed E-state index contributed by atoms with van der Waals surface area (Å²) in [5.74, 6) is 0. The van der Waals surface area contributed by atoms with Crippen molar-refractivity contribution in [1.29, 1.82) is 0 Å². The van der Waals surface area contributed by atoms with Gasteiger partial charge in [0.1, 0.15) is 0 Å². The van der Waals surface area contributed by atoms with E-state index in [-0.39, 0.29) is 0 Å². The van der Waals surface area contributed by atoms with Crippen molar-refractivity contribution < 1.29 is 4.74 Å². The Labute approximate surface area is 97.4 Å². The molecule has 3 nitrogen and oxygen atoms in total. The van der Waals surface area contributed by atoms with Gasteiger partial charge in [0, 0.05) is 13.1 Å². The quantitative estimate of drug-likeness (QED) is 0.617. The minimum absolute atomic E-state index is 0.790. The highest BCUT2D eigenvalue weighted by atomic mass is 16.5. The largest absolute Gasteiger partial charge is 0.378 e. The zero-order valence-electron chi connectivity index (χ0n) is 9.65. The van der Waals surface area contributed by atoms with Crippen LogP contribution in [0.25, 0.3) is 0 Å². The second-order valence-corrected chi connectivity index (χ2v) is 3.75. The molecule has 1 fully saturated rings. The fourth-order valence-electron chi connectivity index (χ4n) is 1.86. The summed E-state index contributed by atoms with van der Waals surface area (Å²) in [7, 11) is 2.13. The van der Waals surface area contributed by atoms with E-state index in [1.807, 2.05) is 13.0 Å². The lowest BCUT2D eigenvalue weighted by Crippen LogP contribution is -2.42. The molecule has 0 saturated carbocycles. The molecule has 1 radical (unpaired) electrons. The number of aliphatic imine (C=N–C) groups is 1. The summed E-state index contributed by atoms with van der Waals surface area (Å²) >= 11 is 0. The van der Waals surface area contributed by atoms with Crippen molar-refractivity contribution in [3.8, 4) is 0 Å². The number of rotatable bonds is 1. The summed E-state index contributed by atoms with van der Waals surface area (Å²) in [5, 5.41) is 0. The summed E-state index contributed by atoms with van der Waals surface area (Å²) in [4.78, 5) is 6.87. The molecule has 0 aromatic carbocycles. The second-order valence-electron chi connectivity index (χ2n) is 3.75. The molecule has 0 unspecified atom stereocenters. The van der Waals surface area contributed by atoms with E-state index in [1.54, 1.807) is 6.08 Å². The van der Waals surface area contributed by atoms with Crippen LogP contribution in [-0.4, -0.2) is 44.2 Å². The third-order valence-electron chi connectivity index (χ3n) is 2.74. The molecule has 0 aromatic rings. The van der Waals surface area contributed by atoms with Crippen molar-refractivity contribution >= 4 is 13.0 Å². The standard InChI is InChI=1S/C12H16BN2O/c1-3-5-11-10(4-2)13-12(14-11)15-6-8-16-9-7-15/h3-5H,1,6-9H2,2H3/b10-4+,11-5+. The average Bonchev–Trinajstić information content (AvgIpc) is 2.74. The normalized spacial score (nSPS) is 25.8. The van der Waals surface area contributed by atoms with Crippen LogP contribution in [0.15, 0.2) is 41.0 Å². The smallest absolute Gasteiger partial charge is 0.242 e. The molecule has 0 N–H and O–H groups in total. The van der Waals surface area contributed by atoms with Gasteiger partial charge in [-0.05, 0) is 13.0 Å². The lowest BCUT2D eigenvalue weighted by atomic mass is 9.68. The highest BCUT2D eigenvalue weighted by Gasteiger charge is 2.23. The zero-order chi connectivity index (χ0) is 11.4. The molecule has 2 rings (SSSR count). The fourth-order valence-corrected chi connectivity index (χ4v) is 1.86. The molecule has 2 aliphatic rings. The molecule has 2 heterocycles. The molecule has 0 amide bonds. The summed E-state index contributed by atoms with van der Waals surface area (Å²) in [6.45, 7) is 9.17. The number of amidine groups is 1. The monoisotopic (exact) mass is 215 g/mol.